The van der Waals surface area contributed by atoms with Crippen LogP contribution in [0.15, 0.2) is 29.6 Å². The van der Waals surface area contributed by atoms with Crippen molar-refractivity contribution in [2.75, 3.05) is 10.2 Å². The Labute approximate surface area is 69.3 Å². The number of aromatic nitrogens is 1. The van der Waals surface area contributed by atoms with Crippen LogP contribution >= 0.6 is 11.9 Å². The second-order valence-electron chi connectivity index (χ2n) is 2.08. The minimum absolute atomic E-state index is 0.953. The average Bonchev–Trinajstić information content (AvgIpc) is 2.58. The first-order valence-corrected chi connectivity index (χ1v) is 4.26. The maximum absolute atomic E-state index is 4.14. The van der Waals surface area contributed by atoms with E-state index >= 15 is 0 Å². The summed E-state index contributed by atoms with van der Waals surface area (Å²) in [5.41, 5.74) is 1.03. The molecular formula is C7H7N3S. The number of rotatable bonds is 1. The first kappa shape index (κ1) is 6.67. The highest BCUT2D eigenvalue weighted by molar-refractivity contribution is 8.01. The third kappa shape index (κ3) is 1.35. The van der Waals surface area contributed by atoms with Gasteiger partial charge in [0.15, 0.2) is 0 Å². The van der Waals surface area contributed by atoms with Gasteiger partial charge < -0.3 is 0 Å². The molecule has 0 atom stereocenters. The topological polar surface area (TPSA) is 28.5 Å². The van der Waals surface area contributed by atoms with Gasteiger partial charge in [0.2, 0.25) is 0 Å². The van der Waals surface area contributed by atoms with Crippen molar-refractivity contribution in [1.29, 1.82) is 0 Å². The van der Waals surface area contributed by atoms with E-state index in [-0.39, 0.29) is 0 Å². The van der Waals surface area contributed by atoms with Gasteiger partial charge in [-0.25, -0.2) is 4.41 Å². The lowest BCUT2D eigenvalue weighted by Crippen LogP contribution is -2.00. The first-order chi connectivity index (χ1) is 5.47. The van der Waals surface area contributed by atoms with Crippen molar-refractivity contribution in [3.8, 4) is 0 Å². The predicted octanol–water partition coefficient (Wildman–Crippen LogP) is 1.54. The van der Waals surface area contributed by atoms with Gasteiger partial charge in [-0.2, -0.15) is 5.10 Å². The van der Waals surface area contributed by atoms with Gasteiger partial charge in [0.1, 0.15) is 0 Å². The van der Waals surface area contributed by atoms with E-state index in [1.807, 2.05) is 22.8 Å². The molecule has 0 saturated carbocycles. The van der Waals surface area contributed by atoms with E-state index < -0.39 is 0 Å². The molecule has 0 fully saturated rings. The quantitative estimate of drug-likeness (QED) is 0.591. The summed E-state index contributed by atoms with van der Waals surface area (Å²) >= 11 is 1.67. The minimum Gasteiger partial charge on any atom is -0.262 e. The van der Waals surface area contributed by atoms with Gasteiger partial charge in [-0.05, 0) is 24.1 Å². The molecule has 0 bridgehead atoms. The van der Waals surface area contributed by atoms with E-state index in [0.717, 1.165) is 11.4 Å². The monoisotopic (exact) mass is 165 g/mol. The Bertz CT molecular complexity index is 260. The van der Waals surface area contributed by atoms with Crippen LogP contribution < -0.4 is 4.41 Å². The summed E-state index contributed by atoms with van der Waals surface area (Å²) in [6.45, 7) is 0. The second kappa shape index (κ2) is 2.92. The number of pyridine rings is 1. The number of hydrazone groups is 1. The molecule has 2 heterocycles. The number of anilines is 1. The van der Waals surface area contributed by atoms with Crippen molar-refractivity contribution in [3.63, 3.8) is 0 Å². The van der Waals surface area contributed by atoms with Crippen LogP contribution in [0, 0.1) is 0 Å². The summed E-state index contributed by atoms with van der Waals surface area (Å²) in [7, 11) is 0. The molecule has 4 heteroatoms. The van der Waals surface area contributed by atoms with Crippen molar-refractivity contribution in [1.82, 2.24) is 4.98 Å². The highest BCUT2D eigenvalue weighted by atomic mass is 32.2. The Balaban J connectivity index is 2.23. The van der Waals surface area contributed by atoms with Gasteiger partial charge in [0, 0.05) is 12.4 Å². The zero-order valence-corrected chi connectivity index (χ0v) is 6.66. The molecule has 0 saturated heterocycles. The Morgan fingerprint density at radius 1 is 1.55 bits per heavy atom. The molecule has 1 aromatic heterocycles. The lowest BCUT2D eigenvalue weighted by Gasteiger charge is -2.09. The van der Waals surface area contributed by atoms with E-state index in [0.29, 0.717) is 0 Å². The van der Waals surface area contributed by atoms with Gasteiger partial charge in [-0.3, -0.25) is 4.98 Å². The van der Waals surface area contributed by atoms with Gasteiger partial charge in [0.05, 0.1) is 17.6 Å². The molecule has 0 spiro atoms. The molecule has 11 heavy (non-hydrogen) atoms. The Kier molecular flexibility index (Phi) is 1.77. The van der Waals surface area contributed by atoms with E-state index in [4.69, 9.17) is 0 Å². The Hall–Kier alpha value is -1.03. The summed E-state index contributed by atoms with van der Waals surface area (Å²) in [4.78, 5) is 4.00. The van der Waals surface area contributed by atoms with Crippen LogP contribution in [0.3, 0.4) is 0 Å². The molecule has 0 unspecified atom stereocenters. The maximum atomic E-state index is 4.14. The standard InChI is InChI=1S/C7H7N3S/c1-2-7(6-8-3-1)10-9-4-5-11-10/h1-4,6H,5H2. The fraction of sp³-hybridized carbons (Fsp3) is 0.143. The number of hydrogen-bond donors (Lipinski definition) is 0. The Morgan fingerprint density at radius 2 is 2.55 bits per heavy atom. The first-order valence-electron chi connectivity index (χ1n) is 3.32. The smallest absolute Gasteiger partial charge is 0.0906 e. The molecule has 2 rings (SSSR count). The lowest BCUT2D eigenvalue weighted by atomic mass is 10.4. The number of hydrogen-bond acceptors (Lipinski definition) is 4. The molecule has 1 aromatic rings. The molecule has 1 aliphatic heterocycles. The van der Waals surface area contributed by atoms with Crippen LogP contribution in [0.25, 0.3) is 0 Å². The van der Waals surface area contributed by atoms with E-state index in [1.54, 1.807) is 24.3 Å². The van der Waals surface area contributed by atoms with Gasteiger partial charge in [0.25, 0.3) is 0 Å². The predicted molar refractivity (Wildman–Crippen MR) is 47.7 cm³/mol. The third-order valence-electron chi connectivity index (χ3n) is 1.32. The second-order valence-corrected chi connectivity index (χ2v) is 3.02. The minimum atomic E-state index is 0.953. The summed E-state index contributed by atoms with van der Waals surface area (Å²) in [5, 5.41) is 4.14. The van der Waals surface area contributed by atoms with Crippen LogP contribution in [-0.2, 0) is 0 Å². The third-order valence-corrected chi connectivity index (χ3v) is 2.17. The molecule has 1 aliphatic rings. The van der Waals surface area contributed by atoms with Crippen molar-refractivity contribution in [2.24, 2.45) is 5.10 Å². The Morgan fingerprint density at radius 3 is 3.18 bits per heavy atom. The molecule has 0 aromatic carbocycles. The van der Waals surface area contributed by atoms with Gasteiger partial charge in [-0.15, -0.1) is 0 Å². The molecule has 0 radical (unpaired) electrons. The van der Waals surface area contributed by atoms with Crippen LogP contribution in [0.2, 0.25) is 0 Å². The number of nitrogens with zero attached hydrogens (tertiary/aromatic N) is 3. The van der Waals surface area contributed by atoms with Crippen LogP contribution in [0.5, 0.6) is 0 Å². The van der Waals surface area contributed by atoms with Crippen molar-refractivity contribution in [2.45, 2.75) is 0 Å². The van der Waals surface area contributed by atoms with Crippen molar-refractivity contribution in [3.05, 3.63) is 24.5 Å². The lowest BCUT2D eigenvalue weighted by molar-refractivity contribution is 1.19. The fourth-order valence-electron chi connectivity index (χ4n) is 0.853. The van der Waals surface area contributed by atoms with Crippen LogP contribution in [0.1, 0.15) is 0 Å². The summed E-state index contributed by atoms with van der Waals surface area (Å²) in [6.07, 6.45) is 5.45. The molecule has 0 N–H and O–H groups in total. The van der Waals surface area contributed by atoms with E-state index in [2.05, 4.69) is 10.1 Å². The maximum Gasteiger partial charge on any atom is 0.0906 e. The summed E-state index contributed by atoms with van der Waals surface area (Å²) in [5.74, 6) is 0.953. The zero-order valence-electron chi connectivity index (χ0n) is 5.84. The SMILES string of the molecule is C1=NN(c2cccnc2)SC1. The molecule has 0 amide bonds. The van der Waals surface area contributed by atoms with Crippen molar-refractivity contribution >= 4 is 23.8 Å². The van der Waals surface area contributed by atoms with Gasteiger partial charge >= 0.3 is 0 Å². The highest BCUT2D eigenvalue weighted by Crippen LogP contribution is 2.23. The summed E-state index contributed by atoms with van der Waals surface area (Å²) in [6, 6.07) is 3.90. The largest absolute Gasteiger partial charge is 0.262 e. The highest BCUT2D eigenvalue weighted by Gasteiger charge is 2.07. The van der Waals surface area contributed by atoms with E-state index in [1.165, 1.54) is 0 Å². The van der Waals surface area contributed by atoms with Crippen LogP contribution in [0.4, 0.5) is 5.69 Å². The normalized spacial score (nSPS) is 15.8. The average molecular weight is 165 g/mol. The fourth-order valence-corrected chi connectivity index (χ4v) is 1.52. The van der Waals surface area contributed by atoms with Gasteiger partial charge in [-0.1, -0.05) is 0 Å². The summed E-state index contributed by atoms with van der Waals surface area (Å²) < 4.78 is 1.87. The van der Waals surface area contributed by atoms with E-state index in [9.17, 15) is 0 Å². The molecular weight excluding hydrogens is 158 g/mol. The molecule has 3 nitrogen and oxygen atoms in total. The molecule has 56 valence electrons. The zero-order chi connectivity index (χ0) is 7.52. The van der Waals surface area contributed by atoms with Crippen LogP contribution in [-0.4, -0.2) is 17.0 Å². The van der Waals surface area contributed by atoms with Crippen molar-refractivity contribution < 1.29 is 0 Å². The molecule has 0 aliphatic carbocycles.